The van der Waals surface area contributed by atoms with Crippen LogP contribution in [0.5, 0.6) is 0 Å². The van der Waals surface area contributed by atoms with E-state index in [0.717, 1.165) is 29.2 Å². The standard InChI is InChI=1S/C19H33N5S/c1-14-15(2)25-18(22-14)13-21-19(20-3)23-16-9-11-24(12-10-16)17-7-5-4-6-8-17/h16-17H,4-13H2,1-3H3,(H2,20,21,23). The number of hydrogen-bond acceptors (Lipinski definition) is 4. The quantitative estimate of drug-likeness (QED) is 0.637. The van der Waals surface area contributed by atoms with Crippen LogP contribution in [-0.2, 0) is 6.54 Å². The van der Waals surface area contributed by atoms with Crippen LogP contribution in [0.1, 0.15) is 60.5 Å². The molecule has 5 nitrogen and oxygen atoms in total. The fourth-order valence-corrected chi connectivity index (χ4v) is 4.89. The Hall–Kier alpha value is -1.14. The van der Waals surface area contributed by atoms with E-state index in [2.05, 4.69) is 39.4 Å². The maximum Gasteiger partial charge on any atom is 0.191 e. The first-order valence-electron chi connectivity index (χ1n) is 9.80. The van der Waals surface area contributed by atoms with E-state index in [1.54, 1.807) is 11.3 Å². The molecule has 0 spiro atoms. The Bertz CT molecular complexity index is 549. The second-order valence-corrected chi connectivity index (χ2v) is 8.71. The minimum Gasteiger partial charge on any atom is -0.354 e. The normalized spacial score (nSPS) is 21.5. The molecular weight excluding hydrogens is 330 g/mol. The van der Waals surface area contributed by atoms with Crippen LogP contribution in [-0.4, -0.2) is 48.1 Å². The lowest BCUT2D eigenvalue weighted by Crippen LogP contribution is -2.50. The molecule has 6 heteroatoms. The largest absolute Gasteiger partial charge is 0.354 e. The first kappa shape index (κ1) is 18.6. The molecule has 2 fully saturated rings. The lowest BCUT2D eigenvalue weighted by atomic mass is 9.92. The second kappa shape index (κ2) is 8.99. The van der Waals surface area contributed by atoms with E-state index in [1.807, 2.05) is 7.05 Å². The molecule has 1 saturated heterocycles. The Balaban J connectivity index is 1.42. The molecule has 0 unspecified atom stereocenters. The number of rotatable bonds is 4. The van der Waals surface area contributed by atoms with E-state index in [-0.39, 0.29) is 0 Å². The van der Waals surface area contributed by atoms with Crippen molar-refractivity contribution in [2.75, 3.05) is 20.1 Å². The van der Waals surface area contributed by atoms with Gasteiger partial charge >= 0.3 is 0 Å². The molecule has 0 bridgehead atoms. The SMILES string of the molecule is CN=C(NCc1nc(C)c(C)s1)NC1CCN(C2CCCCC2)CC1. The van der Waals surface area contributed by atoms with Gasteiger partial charge in [0.05, 0.1) is 12.2 Å². The van der Waals surface area contributed by atoms with Crippen LogP contribution >= 0.6 is 11.3 Å². The third-order valence-electron chi connectivity index (χ3n) is 5.66. The van der Waals surface area contributed by atoms with Crippen molar-refractivity contribution in [3.05, 3.63) is 15.6 Å². The number of hydrogen-bond donors (Lipinski definition) is 2. The Morgan fingerprint density at radius 3 is 2.48 bits per heavy atom. The van der Waals surface area contributed by atoms with Crippen LogP contribution in [0.3, 0.4) is 0 Å². The van der Waals surface area contributed by atoms with Gasteiger partial charge in [0.15, 0.2) is 5.96 Å². The van der Waals surface area contributed by atoms with Gasteiger partial charge in [0.1, 0.15) is 5.01 Å². The molecule has 1 aliphatic carbocycles. The van der Waals surface area contributed by atoms with E-state index in [1.165, 1.54) is 62.9 Å². The molecule has 1 aliphatic heterocycles. The van der Waals surface area contributed by atoms with Crippen LogP contribution in [0.4, 0.5) is 0 Å². The van der Waals surface area contributed by atoms with E-state index in [4.69, 9.17) is 0 Å². The molecule has 140 valence electrons. The highest BCUT2D eigenvalue weighted by Crippen LogP contribution is 2.25. The van der Waals surface area contributed by atoms with E-state index in [9.17, 15) is 0 Å². The highest BCUT2D eigenvalue weighted by molar-refractivity contribution is 7.11. The van der Waals surface area contributed by atoms with Crippen molar-refractivity contribution in [2.24, 2.45) is 4.99 Å². The predicted octanol–water partition coefficient (Wildman–Crippen LogP) is 3.22. The van der Waals surface area contributed by atoms with Gasteiger partial charge in [0.2, 0.25) is 0 Å². The van der Waals surface area contributed by atoms with Crippen molar-refractivity contribution in [3.63, 3.8) is 0 Å². The molecule has 2 heterocycles. The number of likely N-dealkylation sites (tertiary alicyclic amines) is 1. The van der Waals surface area contributed by atoms with Crippen LogP contribution < -0.4 is 10.6 Å². The molecule has 2 N–H and O–H groups in total. The summed E-state index contributed by atoms with van der Waals surface area (Å²) in [4.78, 5) is 13.0. The summed E-state index contributed by atoms with van der Waals surface area (Å²) in [6.07, 6.45) is 9.54. The van der Waals surface area contributed by atoms with Crippen molar-refractivity contribution in [1.82, 2.24) is 20.5 Å². The minimum atomic E-state index is 0.533. The van der Waals surface area contributed by atoms with Crippen molar-refractivity contribution >= 4 is 17.3 Å². The number of aliphatic imine (C=N–C) groups is 1. The number of aromatic nitrogens is 1. The number of nitrogens with zero attached hydrogens (tertiary/aromatic N) is 3. The predicted molar refractivity (Wildman–Crippen MR) is 106 cm³/mol. The summed E-state index contributed by atoms with van der Waals surface area (Å²) in [5, 5.41) is 8.16. The molecule has 0 radical (unpaired) electrons. The van der Waals surface area contributed by atoms with Crippen LogP contribution in [0.25, 0.3) is 0 Å². The number of aryl methyl sites for hydroxylation is 2. The summed E-state index contributed by atoms with van der Waals surface area (Å²) in [7, 11) is 1.85. The van der Waals surface area contributed by atoms with Gasteiger partial charge < -0.3 is 15.5 Å². The Morgan fingerprint density at radius 1 is 1.16 bits per heavy atom. The lowest BCUT2D eigenvalue weighted by Gasteiger charge is -2.39. The summed E-state index contributed by atoms with van der Waals surface area (Å²) in [5.74, 6) is 0.904. The third-order valence-corrected chi connectivity index (χ3v) is 6.74. The summed E-state index contributed by atoms with van der Waals surface area (Å²) in [6.45, 7) is 7.40. The van der Waals surface area contributed by atoms with Crippen LogP contribution in [0.15, 0.2) is 4.99 Å². The molecule has 2 aliphatic rings. The maximum atomic E-state index is 4.59. The van der Waals surface area contributed by atoms with Gasteiger partial charge in [-0.25, -0.2) is 4.98 Å². The molecule has 0 aromatic carbocycles. The second-order valence-electron chi connectivity index (χ2n) is 7.42. The van der Waals surface area contributed by atoms with Crippen LogP contribution in [0.2, 0.25) is 0 Å². The number of nitrogens with one attached hydrogen (secondary N) is 2. The van der Waals surface area contributed by atoms with Gasteiger partial charge in [0, 0.05) is 37.1 Å². The highest BCUT2D eigenvalue weighted by atomic mass is 32.1. The molecule has 25 heavy (non-hydrogen) atoms. The van der Waals surface area contributed by atoms with Crippen molar-refractivity contribution in [1.29, 1.82) is 0 Å². The Kier molecular flexibility index (Phi) is 6.70. The number of piperidine rings is 1. The molecule has 3 rings (SSSR count). The smallest absolute Gasteiger partial charge is 0.191 e. The van der Waals surface area contributed by atoms with Gasteiger partial charge in [-0.15, -0.1) is 11.3 Å². The topological polar surface area (TPSA) is 52.6 Å². The van der Waals surface area contributed by atoms with E-state index < -0.39 is 0 Å². The zero-order valence-electron chi connectivity index (χ0n) is 16.0. The number of guanidine groups is 1. The Labute approximate surface area is 156 Å². The summed E-state index contributed by atoms with van der Waals surface area (Å²) >= 11 is 1.77. The lowest BCUT2D eigenvalue weighted by molar-refractivity contribution is 0.119. The molecule has 1 aromatic heterocycles. The zero-order valence-corrected chi connectivity index (χ0v) is 16.8. The summed E-state index contributed by atoms with van der Waals surface area (Å²) in [6, 6.07) is 1.38. The molecular formula is C19H33N5S. The Morgan fingerprint density at radius 2 is 1.88 bits per heavy atom. The summed E-state index contributed by atoms with van der Waals surface area (Å²) < 4.78 is 0. The van der Waals surface area contributed by atoms with E-state index >= 15 is 0 Å². The molecule has 0 amide bonds. The monoisotopic (exact) mass is 363 g/mol. The minimum absolute atomic E-state index is 0.533. The molecule has 1 aromatic rings. The first-order chi connectivity index (χ1) is 12.2. The van der Waals surface area contributed by atoms with E-state index in [0.29, 0.717) is 6.04 Å². The highest BCUT2D eigenvalue weighted by Gasteiger charge is 2.26. The maximum absolute atomic E-state index is 4.59. The van der Waals surface area contributed by atoms with Crippen molar-refractivity contribution < 1.29 is 0 Å². The fraction of sp³-hybridized carbons (Fsp3) is 0.789. The van der Waals surface area contributed by atoms with Gasteiger partial charge in [-0.2, -0.15) is 0 Å². The molecule has 0 atom stereocenters. The zero-order chi connectivity index (χ0) is 17.6. The number of thiazole rings is 1. The van der Waals surface area contributed by atoms with Crippen LogP contribution in [0, 0.1) is 13.8 Å². The van der Waals surface area contributed by atoms with Gasteiger partial charge in [-0.05, 0) is 39.5 Å². The average Bonchev–Trinajstić information content (AvgIpc) is 2.97. The third kappa shape index (κ3) is 5.17. The molecule has 1 saturated carbocycles. The van der Waals surface area contributed by atoms with Gasteiger partial charge in [-0.1, -0.05) is 19.3 Å². The fourth-order valence-electron chi connectivity index (χ4n) is 4.02. The summed E-state index contributed by atoms with van der Waals surface area (Å²) in [5.41, 5.74) is 1.14. The first-order valence-corrected chi connectivity index (χ1v) is 10.6. The van der Waals surface area contributed by atoms with Crippen molar-refractivity contribution in [2.45, 2.75) is 77.4 Å². The average molecular weight is 364 g/mol. The van der Waals surface area contributed by atoms with Gasteiger partial charge in [0.25, 0.3) is 0 Å². The van der Waals surface area contributed by atoms with Crippen molar-refractivity contribution in [3.8, 4) is 0 Å². The van der Waals surface area contributed by atoms with Gasteiger partial charge in [-0.3, -0.25) is 4.99 Å².